The Morgan fingerprint density at radius 1 is 1.13 bits per heavy atom. The lowest BCUT2D eigenvalue weighted by Gasteiger charge is -2.19. The average Bonchev–Trinajstić information content (AvgIpc) is 3.65. The fourth-order valence-corrected chi connectivity index (χ4v) is 6.55. The zero-order valence-electron chi connectivity index (χ0n) is 22.5. The van der Waals surface area contributed by atoms with Gasteiger partial charge < -0.3 is 19.3 Å². The van der Waals surface area contributed by atoms with Gasteiger partial charge >= 0.3 is 5.97 Å². The van der Waals surface area contributed by atoms with Crippen molar-refractivity contribution < 1.29 is 28.5 Å². The molecule has 3 aliphatic rings. The Hall–Kier alpha value is -3.45. The number of nitrogens with zero attached hydrogens (tertiary/aromatic N) is 1. The van der Waals surface area contributed by atoms with Gasteiger partial charge in [-0.15, -0.1) is 0 Å². The second kappa shape index (κ2) is 10.6. The third-order valence-electron chi connectivity index (χ3n) is 8.45. The van der Waals surface area contributed by atoms with Gasteiger partial charge in [0.2, 0.25) is 0 Å². The number of benzene rings is 2. The molecule has 204 valence electrons. The van der Waals surface area contributed by atoms with E-state index in [1.54, 1.807) is 12.3 Å². The van der Waals surface area contributed by atoms with E-state index in [1.807, 2.05) is 12.1 Å². The summed E-state index contributed by atoms with van der Waals surface area (Å²) in [7, 11) is 0. The van der Waals surface area contributed by atoms with Gasteiger partial charge in [-0.2, -0.15) is 0 Å². The van der Waals surface area contributed by atoms with Crippen molar-refractivity contribution in [3.05, 3.63) is 75.9 Å². The fourth-order valence-electron chi connectivity index (χ4n) is 6.55. The molecule has 3 atom stereocenters. The van der Waals surface area contributed by atoms with Crippen molar-refractivity contribution in [1.82, 2.24) is 4.98 Å². The quantitative estimate of drug-likeness (QED) is 0.376. The molecular weight excluding hydrogens is 497 g/mol. The monoisotopic (exact) mass is 531 g/mol. The van der Waals surface area contributed by atoms with Gasteiger partial charge in [0.15, 0.2) is 0 Å². The summed E-state index contributed by atoms with van der Waals surface area (Å²) in [5.41, 5.74) is 8.06. The lowest BCUT2D eigenvalue weighted by atomic mass is 9.88. The normalized spacial score (nSPS) is 21.5. The van der Waals surface area contributed by atoms with Crippen LogP contribution in [0, 0.1) is 25.6 Å². The van der Waals surface area contributed by atoms with Crippen LogP contribution in [0.1, 0.15) is 64.6 Å². The number of pyridine rings is 1. The van der Waals surface area contributed by atoms with Crippen LogP contribution >= 0.6 is 0 Å². The maximum atomic E-state index is 15.3. The number of halogens is 1. The molecule has 2 aromatic carbocycles. The van der Waals surface area contributed by atoms with Crippen molar-refractivity contribution in [3.8, 4) is 22.6 Å². The highest BCUT2D eigenvalue weighted by atomic mass is 19.1. The number of aliphatic carboxylic acids is 1. The third-order valence-corrected chi connectivity index (χ3v) is 8.45. The van der Waals surface area contributed by atoms with Crippen LogP contribution in [0.5, 0.6) is 11.5 Å². The molecule has 1 unspecified atom stereocenters. The van der Waals surface area contributed by atoms with E-state index in [-0.39, 0.29) is 24.1 Å². The number of ether oxygens (including phenoxy) is 3. The van der Waals surface area contributed by atoms with Crippen LogP contribution in [-0.2, 0) is 22.4 Å². The highest BCUT2D eigenvalue weighted by molar-refractivity contribution is 5.76. The van der Waals surface area contributed by atoms with Gasteiger partial charge in [0.25, 0.3) is 0 Å². The molecule has 7 heteroatoms. The van der Waals surface area contributed by atoms with Crippen LogP contribution in [0.3, 0.4) is 0 Å². The van der Waals surface area contributed by atoms with Crippen LogP contribution in [0.4, 0.5) is 4.39 Å². The molecule has 39 heavy (non-hydrogen) atoms. The highest BCUT2D eigenvalue weighted by Crippen LogP contribution is 2.45. The first-order valence-electron chi connectivity index (χ1n) is 13.8. The van der Waals surface area contributed by atoms with E-state index < -0.39 is 5.97 Å². The number of aromatic nitrogens is 1. The predicted octanol–water partition coefficient (Wildman–Crippen LogP) is 6.14. The fraction of sp³-hybridized carbons (Fsp3) is 0.438. The molecule has 0 amide bonds. The van der Waals surface area contributed by atoms with E-state index >= 15 is 4.39 Å². The van der Waals surface area contributed by atoms with Gasteiger partial charge in [0.1, 0.15) is 17.3 Å². The lowest BCUT2D eigenvalue weighted by molar-refractivity contribution is -0.137. The van der Waals surface area contributed by atoms with Crippen LogP contribution in [0.2, 0.25) is 0 Å². The Bertz CT molecular complexity index is 1390. The topological polar surface area (TPSA) is 77.9 Å². The molecule has 1 saturated heterocycles. The summed E-state index contributed by atoms with van der Waals surface area (Å²) >= 11 is 0. The Balaban J connectivity index is 1.24. The smallest absolute Gasteiger partial charge is 0.304 e. The maximum Gasteiger partial charge on any atom is 0.304 e. The van der Waals surface area contributed by atoms with Gasteiger partial charge in [-0.1, -0.05) is 6.07 Å². The van der Waals surface area contributed by atoms with Crippen LogP contribution in [0.15, 0.2) is 36.5 Å². The van der Waals surface area contributed by atoms with E-state index in [0.717, 1.165) is 82.9 Å². The van der Waals surface area contributed by atoms with Crippen molar-refractivity contribution in [1.29, 1.82) is 0 Å². The minimum atomic E-state index is -0.846. The number of aryl methyl sites for hydroxylation is 2. The molecule has 3 aromatic rings. The van der Waals surface area contributed by atoms with Gasteiger partial charge in [-0.05, 0) is 97.0 Å². The van der Waals surface area contributed by atoms with E-state index in [4.69, 9.17) is 19.3 Å². The van der Waals surface area contributed by atoms with Crippen LogP contribution in [-0.4, -0.2) is 42.5 Å². The van der Waals surface area contributed by atoms with Crippen molar-refractivity contribution in [3.63, 3.8) is 0 Å². The second-order valence-corrected chi connectivity index (χ2v) is 11.2. The predicted molar refractivity (Wildman–Crippen MR) is 145 cm³/mol. The summed E-state index contributed by atoms with van der Waals surface area (Å²) in [5.74, 6) is 0.858. The van der Waals surface area contributed by atoms with Crippen molar-refractivity contribution in [2.24, 2.45) is 5.92 Å². The Labute approximate surface area is 228 Å². The Kier molecular flexibility index (Phi) is 7.02. The molecule has 0 spiro atoms. The summed E-state index contributed by atoms with van der Waals surface area (Å²) in [6.45, 7) is 6.79. The Morgan fingerprint density at radius 2 is 1.95 bits per heavy atom. The number of rotatable bonds is 8. The molecule has 0 bridgehead atoms. The zero-order chi connectivity index (χ0) is 27.1. The van der Waals surface area contributed by atoms with Gasteiger partial charge in [-0.25, -0.2) is 4.39 Å². The summed E-state index contributed by atoms with van der Waals surface area (Å²) in [6.07, 6.45) is 5.09. The first-order valence-corrected chi connectivity index (χ1v) is 13.8. The number of hydrogen-bond acceptors (Lipinski definition) is 5. The minimum Gasteiger partial charge on any atom is -0.493 e. The van der Waals surface area contributed by atoms with Crippen molar-refractivity contribution in [2.75, 3.05) is 26.4 Å². The van der Waals surface area contributed by atoms with Crippen LogP contribution < -0.4 is 9.47 Å². The molecular formula is C32H34FNO5. The van der Waals surface area contributed by atoms with Gasteiger partial charge in [-0.3, -0.25) is 9.78 Å². The molecule has 0 radical (unpaired) electrons. The summed E-state index contributed by atoms with van der Waals surface area (Å²) < 4.78 is 32.7. The zero-order valence-corrected chi connectivity index (χ0v) is 22.5. The van der Waals surface area contributed by atoms with Crippen LogP contribution in [0.25, 0.3) is 11.1 Å². The van der Waals surface area contributed by atoms with E-state index in [2.05, 4.69) is 31.0 Å². The van der Waals surface area contributed by atoms with E-state index in [1.165, 1.54) is 0 Å². The number of carbonyl (C=O) groups is 1. The van der Waals surface area contributed by atoms with E-state index in [9.17, 15) is 4.79 Å². The average molecular weight is 532 g/mol. The maximum absolute atomic E-state index is 15.3. The number of carboxylic acid groups (broad SMARTS) is 1. The molecule has 1 fully saturated rings. The first-order chi connectivity index (χ1) is 18.9. The summed E-state index contributed by atoms with van der Waals surface area (Å²) in [4.78, 5) is 15.8. The standard InChI is InChI=1S/C32H34FNO5/c1-18-9-24(38-16-20-7-8-37-15-20)10-19(2)31(18)25-5-6-28(33)32-21(3-4-26(25)32)11-23-13-29-27(14-34-23)22(17-39-29)12-30(35)36/h5-6,9-10,13-14,20-22H,3-4,7-8,11-12,15-17H2,1-2H3,(H,35,36)/t20?,21-,22+/m0/s1. The van der Waals surface area contributed by atoms with Gasteiger partial charge in [0, 0.05) is 42.0 Å². The highest BCUT2D eigenvalue weighted by Gasteiger charge is 2.31. The number of carboxylic acids is 1. The molecule has 6 nitrogen and oxygen atoms in total. The number of hydrogen-bond donors (Lipinski definition) is 1. The van der Waals surface area contributed by atoms with Gasteiger partial charge in [0.05, 0.1) is 26.2 Å². The SMILES string of the molecule is Cc1cc(OCC2CCOC2)cc(C)c1-c1ccc(F)c2c1CC[C@H]2Cc1cc2c(cn1)[C@H](CC(=O)O)CO2. The Morgan fingerprint density at radius 3 is 2.69 bits per heavy atom. The second-order valence-electron chi connectivity index (χ2n) is 11.2. The minimum absolute atomic E-state index is 0.0265. The molecule has 1 aliphatic carbocycles. The molecule has 1 N–H and O–H groups in total. The third kappa shape index (κ3) is 5.12. The molecule has 3 heterocycles. The molecule has 1 aromatic heterocycles. The van der Waals surface area contributed by atoms with Crippen molar-refractivity contribution >= 4 is 5.97 Å². The summed E-state index contributed by atoms with van der Waals surface area (Å²) in [5, 5.41) is 9.16. The number of fused-ring (bicyclic) bond motifs is 2. The van der Waals surface area contributed by atoms with Crippen molar-refractivity contribution in [2.45, 2.75) is 57.8 Å². The molecule has 0 saturated carbocycles. The lowest BCUT2D eigenvalue weighted by Crippen LogP contribution is -2.11. The van der Waals surface area contributed by atoms with E-state index in [0.29, 0.717) is 31.3 Å². The molecule has 2 aliphatic heterocycles. The molecule has 6 rings (SSSR count). The largest absolute Gasteiger partial charge is 0.493 e. The summed E-state index contributed by atoms with van der Waals surface area (Å²) in [6, 6.07) is 9.61. The first kappa shape index (κ1) is 25.8.